The number of nitrogens with one attached hydrogen (secondary N) is 1. The number of ether oxygens (including phenoxy) is 1. The zero-order valence-electron chi connectivity index (χ0n) is 17.5. The van der Waals surface area contributed by atoms with Crippen LogP contribution in [0.15, 0.2) is 30.5 Å². The number of rotatable bonds is 5. The van der Waals surface area contributed by atoms with Gasteiger partial charge in [0.2, 0.25) is 0 Å². The Morgan fingerprint density at radius 1 is 1.19 bits per heavy atom. The predicted molar refractivity (Wildman–Crippen MR) is 114 cm³/mol. The molecule has 8 heteroatoms. The van der Waals surface area contributed by atoms with Crippen LogP contribution >= 0.6 is 11.6 Å². The molecule has 0 spiro atoms. The molecule has 0 aliphatic carbocycles. The first-order valence-electron chi connectivity index (χ1n) is 10.1. The van der Waals surface area contributed by atoms with Gasteiger partial charge in [0.15, 0.2) is 5.60 Å². The second-order valence-electron chi connectivity index (χ2n) is 9.01. The van der Waals surface area contributed by atoms with E-state index >= 15 is 0 Å². The van der Waals surface area contributed by atoms with Crippen LogP contribution in [0.2, 0.25) is 5.02 Å². The van der Waals surface area contributed by atoms with E-state index in [2.05, 4.69) is 9.97 Å². The van der Waals surface area contributed by atoms with Gasteiger partial charge in [-0.1, -0.05) is 25.4 Å². The first-order valence-corrected chi connectivity index (χ1v) is 10.4. The van der Waals surface area contributed by atoms with Gasteiger partial charge >= 0.3 is 6.18 Å². The van der Waals surface area contributed by atoms with Crippen LogP contribution in [-0.2, 0) is 18.3 Å². The Kier molecular flexibility index (Phi) is 5.25. The van der Waals surface area contributed by atoms with Crippen LogP contribution in [0.3, 0.4) is 0 Å². The van der Waals surface area contributed by atoms with Crippen LogP contribution in [0.5, 0.6) is 5.75 Å². The molecule has 31 heavy (non-hydrogen) atoms. The molecule has 0 amide bonds. The number of nitrogens with zero attached hydrogens (tertiary/aromatic N) is 1. The van der Waals surface area contributed by atoms with E-state index in [0.29, 0.717) is 40.6 Å². The maximum absolute atomic E-state index is 14.2. The number of hydrogen-bond acceptors (Lipinski definition) is 3. The molecular formula is C23H24ClF3N2O2. The highest BCUT2D eigenvalue weighted by atomic mass is 35.5. The lowest BCUT2D eigenvalue weighted by Crippen LogP contribution is -2.51. The van der Waals surface area contributed by atoms with Crippen molar-refractivity contribution in [2.75, 3.05) is 6.61 Å². The highest BCUT2D eigenvalue weighted by molar-refractivity contribution is 6.30. The zero-order chi connectivity index (χ0) is 22.6. The molecule has 0 saturated heterocycles. The van der Waals surface area contributed by atoms with Crippen LogP contribution in [0, 0.1) is 6.92 Å². The molecule has 0 radical (unpaired) electrons. The molecule has 0 saturated carbocycles. The first-order chi connectivity index (χ1) is 14.4. The van der Waals surface area contributed by atoms with Gasteiger partial charge in [-0.15, -0.1) is 0 Å². The van der Waals surface area contributed by atoms with Crippen molar-refractivity contribution in [3.63, 3.8) is 0 Å². The van der Waals surface area contributed by atoms with Gasteiger partial charge in [0, 0.05) is 40.2 Å². The van der Waals surface area contributed by atoms with Crippen molar-refractivity contribution in [3.8, 4) is 5.75 Å². The summed E-state index contributed by atoms with van der Waals surface area (Å²) in [7, 11) is 0. The Hall–Kier alpha value is -2.25. The lowest BCUT2D eigenvalue weighted by Gasteiger charge is -2.38. The van der Waals surface area contributed by atoms with E-state index in [9.17, 15) is 18.3 Å². The third-order valence-electron chi connectivity index (χ3n) is 5.92. The number of H-pyrrole nitrogens is 1. The summed E-state index contributed by atoms with van der Waals surface area (Å²) in [6, 6.07) is 6.84. The molecule has 1 aromatic carbocycles. The van der Waals surface area contributed by atoms with E-state index < -0.39 is 30.0 Å². The largest absolute Gasteiger partial charge is 0.493 e. The number of benzene rings is 1. The lowest BCUT2D eigenvalue weighted by molar-refractivity contribution is -0.266. The number of halogens is 4. The monoisotopic (exact) mass is 452 g/mol. The molecule has 1 atom stereocenters. The molecule has 4 nitrogen and oxygen atoms in total. The summed E-state index contributed by atoms with van der Waals surface area (Å²) in [5, 5.41) is 12.2. The molecule has 2 N–H and O–H groups in total. The van der Waals surface area contributed by atoms with E-state index in [1.54, 1.807) is 44.3 Å². The number of fused-ring (bicyclic) bond motifs is 2. The number of aromatic nitrogens is 2. The molecule has 0 fully saturated rings. The van der Waals surface area contributed by atoms with E-state index in [-0.39, 0.29) is 0 Å². The van der Waals surface area contributed by atoms with E-state index in [4.69, 9.17) is 16.3 Å². The van der Waals surface area contributed by atoms with Gasteiger partial charge in [-0.3, -0.25) is 4.98 Å². The molecule has 3 aromatic rings. The van der Waals surface area contributed by atoms with Crippen molar-refractivity contribution in [1.82, 2.24) is 9.97 Å². The summed E-state index contributed by atoms with van der Waals surface area (Å²) in [6.45, 7) is 5.63. The lowest BCUT2D eigenvalue weighted by atomic mass is 9.73. The van der Waals surface area contributed by atoms with Crippen LogP contribution in [0.1, 0.15) is 42.8 Å². The third kappa shape index (κ3) is 4.13. The molecule has 1 aliphatic heterocycles. The Bertz CT molecular complexity index is 1140. The van der Waals surface area contributed by atoms with Crippen LogP contribution in [0.25, 0.3) is 10.9 Å². The van der Waals surface area contributed by atoms with Gasteiger partial charge in [-0.05, 0) is 48.6 Å². The van der Waals surface area contributed by atoms with Crippen molar-refractivity contribution in [3.05, 3.63) is 58.0 Å². The van der Waals surface area contributed by atoms with Crippen molar-refractivity contribution < 1.29 is 23.0 Å². The molecular weight excluding hydrogens is 429 g/mol. The fourth-order valence-corrected chi connectivity index (χ4v) is 4.71. The highest BCUT2D eigenvalue weighted by Gasteiger charge is 2.56. The summed E-state index contributed by atoms with van der Waals surface area (Å²) in [4.78, 5) is 7.12. The molecule has 1 unspecified atom stereocenters. The fourth-order valence-electron chi connectivity index (χ4n) is 4.47. The Morgan fingerprint density at radius 3 is 2.65 bits per heavy atom. The van der Waals surface area contributed by atoms with Crippen LogP contribution in [0.4, 0.5) is 13.2 Å². The van der Waals surface area contributed by atoms with Crippen LogP contribution in [-0.4, -0.2) is 33.5 Å². The van der Waals surface area contributed by atoms with Gasteiger partial charge in [-0.2, -0.15) is 13.2 Å². The fraction of sp³-hybridized carbons (Fsp3) is 0.435. The summed E-state index contributed by atoms with van der Waals surface area (Å²) in [5.41, 5.74) is -0.853. The Labute approximate surface area is 183 Å². The maximum Gasteiger partial charge on any atom is 0.417 e. The Morgan fingerprint density at radius 2 is 1.94 bits per heavy atom. The topological polar surface area (TPSA) is 58.1 Å². The minimum atomic E-state index is -4.83. The molecule has 4 rings (SSSR count). The minimum absolute atomic E-state index is 0.297. The molecule has 0 bridgehead atoms. The van der Waals surface area contributed by atoms with Crippen molar-refractivity contribution in [2.24, 2.45) is 0 Å². The van der Waals surface area contributed by atoms with Gasteiger partial charge in [0.25, 0.3) is 0 Å². The van der Waals surface area contributed by atoms with E-state index in [1.165, 1.54) is 0 Å². The number of aromatic amines is 1. The average molecular weight is 453 g/mol. The standard InChI is InChI=1S/C23H24ClF3N2O2/c1-13-6-15-8-17(29-19(15)11-28-13)10-22(30,23(25,26)27)12-21(2,3)18-9-16(24)7-14-4-5-31-20(14)18/h6-9,11,29-30H,4-5,10,12H2,1-3H3. The summed E-state index contributed by atoms with van der Waals surface area (Å²) >= 11 is 6.23. The second kappa shape index (κ2) is 7.41. The number of pyridine rings is 1. The summed E-state index contributed by atoms with van der Waals surface area (Å²) in [5.74, 6) is 0.575. The number of alkyl halides is 3. The zero-order valence-corrected chi connectivity index (χ0v) is 18.3. The molecule has 1 aliphatic rings. The number of aryl methyl sites for hydroxylation is 1. The van der Waals surface area contributed by atoms with Crippen molar-refractivity contribution in [2.45, 2.75) is 57.2 Å². The number of hydrogen-bond donors (Lipinski definition) is 2. The molecule has 3 heterocycles. The summed E-state index contributed by atoms with van der Waals surface area (Å²) < 4.78 is 48.2. The van der Waals surface area contributed by atoms with Crippen molar-refractivity contribution >= 4 is 22.5 Å². The third-order valence-corrected chi connectivity index (χ3v) is 6.14. The smallest absolute Gasteiger partial charge is 0.417 e. The first kappa shape index (κ1) is 22.0. The normalized spacial score (nSPS) is 16.3. The molecule has 166 valence electrons. The predicted octanol–water partition coefficient (Wildman–Crippen LogP) is 5.66. The van der Waals surface area contributed by atoms with Crippen molar-refractivity contribution in [1.29, 1.82) is 0 Å². The SMILES string of the molecule is Cc1cc2cc(CC(O)(CC(C)(C)c3cc(Cl)cc4c3OCC4)C(F)(F)F)[nH]c2cn1. The maximum atomic E-state index is 14.2. The Balaban J connectivity index is 1.71. The number of aliphatic hydroxyl groups is 1. The van der Waals surface area contributed by atoms with E-state index in [0.717, 1.165) is 16.6 Å². The van der Waals surface area contributed by atoms with Gasteiger partial charge in [0.05, 0.1) is 18.3 Å². The van der Waals surface area contributed by atoms with E-state index in [1.807, 2.05) is 6.92 Å². The molecule has 2 aromatic heterocycles. The summed E-state index contributed by atoms with van der Waals surface area (Å²) in [6.07, 6.45) is -3.75. The van der Waals surface area contributed by atoms with Gasteiger partial charge in [0.1, 0.15) is 5.75 Å². The highest BCUT2D eigenvalue weighted by Crippen LogP contribution is 2.47. The van der Waals surface area contributed by atoms with Crippen LogP contribution < -0.4 is 4.74 Å². The quantitative estimate of drug-likeness (QED) is 0.525. The van der Waals surface area contributed by atoms with Gasteiger partial charge < -0.3 is 14.8 Å². The second-order valence-corrected chi connectivity index (χ2v) is 9.45. The minimum Gasteiger partial charge on any atom is -0.493 e. The van der Waals surface area contributed by atoms with Gasteiger partial charge in [-0.25, -0.2) is 0 Å². The average Bonchev–Trinajstić information content (AvgIpc) is 3.24.